The number of hydrogen-bond acceptors (Lipinski definition) is 3. The fraction of sp³-hybridized carbons (Fsp3) is 1.00. The Morgan fingerprint density at radius 2 is 1.88 bits per heavy atom. The van der Waals surface area contributed by atoms with Crippen LogP contribution < -0.4 is 0 Å². The third kappa shape index (κ3) is 3.21. The van der Waals surface area contributed by atoms with Crippen molar-refractivity contribution in [2.45, 2.75) is 44.8 Å². The van der Waals surface area contributed by atoms with E-state index < -0.39 is 0 Å². The molecule has 0 amide bonds. The minimum absolute atomic E-state index is 0.0440. The molecule has 4 unspecified atom stereocenters. The van der Waals surface area contributed by atoms with Crippen LogP contribution in [-0.2, 0) is 0 Å². The molecule has 0 bridgehead atoms. The Morgan fingerprint density at radius 1 is 1.18 bits per heavy atom. The van der Waals surface area contributed by atoms with Gasteiger partial charge in [0.05, 0.1) is 6.10 Å². The Morgan fingerprint density at radius 3 is 2.47 bits per heavy atom. The lowest BCUT2D eigenvalue weighted by Gasteiger charge is -2.31. The molecule has 2 fully saturated rings. The molecule has 0 aromatic heterocycles. The molecule has 17 heavy (non-hydrogen) atoms. The van der Waals surface area contributed by atoms with Crippen LogP contribution in [0.3, 0.4) is 0 Å². The summed E-state index contributed by atoms with van der Waals surface area (Å²) in [5.74, 6) is 1.28. The minimum Gasteiger partial charge on any atom is -0.393 e. The molecule has 0 aromatic rings. The van der Waals surface area contributed by atoms with Crippen molar-refractivity contribution in [3.8, 4) is 0 Å². The predicted octanol–water partition coefficient (Wildman–Crippen LogP) is 1.42. The van der Waals surface area contributed by atoms with Crippen LogP contribution >= 0.6 is 0 Å². The van der Waals surface area contributed by atoms with E-state index in [1.165, 1.54) is 32.4 Å². The van der Waals surface area contributed by atoms with Gasteiger partial charge in [-0.2, -0.15) is 0 Å². The first kappa shape index (κ1) is 13.3. The van der Waals surface area contributed by atoms with Crippen LogP contribution in [0.1, 0.15) is 32.6 Å². The summed E-state index contributed by atoms with van der Waals surface area (Å²) in [4.78, 5) is 4.91. The van der Waals surface area contributed by atoms with Gasteiger partial charge in [-0.3, -0.25) is 0 Å². The zero-order valence-electron chi connectivity index (χ0n) is 11.6. The van der Waals surface area contributed by atoms with Crippen molar-refractivity contribution in [2.75, 3.05) is 33.7 Å². The first-order valence-electron chi connectivity index (χ1n) is 7.14. The molecule has 4 atom stereocenters. The van der Waals surface area contributed by atoms with Gasteiger partial charge in [0.1, 0.15) is 0 Å². The average molecular weight is 240 g/mol. The van der Waals surface area contributed by atoms with Gasteiger partial charge in [-0.1, -0.05) is 19.8 Å². The number of rotatable bonds is 3. The summed E-state index contributed by atoms with van der Waals surface area (Å²) in [5, 5.41) is 10.0. The van der Waals surface area contributed by atoms with Crippen molar-refractivity contribution >= 4 is 0 Å². The maximum Gasteiger partial charge on any atom is 0.0580 e. The summed E-state index contributed by atoms with van der Waals surface area (Å²) in [7, 11) is 4.36. The van der Waals surface area contributed by atoms with Gasteiger partial charge in [-0.25, -0.2) is 0 Å². The maximum atomic E-state index is 10.0. The maximum absolute atomic E-state index is 10.0. The second-order valence-corrected chi connectivity index (χ2v) is 6.34. The van der Waals surface area contributed by atoms with Crippen molar-refractivity contribution in [3.63, 3.8) is 0 Å². The van der Waals surface area contributed by atoms with E-state index in [0.29, 0.717) is 12.0 Å². The highest BCUT2D eigenvalue weighted by atomic mass is 16.3. The van der Waals surface area contributed by atoms with E-state index in [0.717, 1.165) is 18.9 Å². The normalized spacial score (nSPS) is 40.1. The molecule has 1 N–H and O–H groups in total. The predicted molar refractivity (Wildman–Crippen MR) is 71.0 cm³/mol. The first-order valence-corrected chi connectivity index (χ1v) is 7.14. The van der Waals surface area contributed by atoms with Crippen molar-refractivity contribution in [1.82, 2.24) is 9.80 Å². The van der Waals surface area contributed by atoms with Crippen LogP contribution in [0, 0.1) is 11.8 Å². The Balaban J connectivity index is 1.84. The number of likely N-dealkylation sites (tertiary alicyclic amines) is 1. The third-order valence-corrected chi connectivity index (χ3v) is 4.67. The molecular weight excluding hydrogens is 212 g/mol. The van der Waals surface area contributed by atoms with E-state index in [2.05, 4.69) is 30.8 Å². The largest absolute Gasteiger partial charge is 0.393 e. The Kier molecular flexibility index (Phi) is 4.45. The van der Waals surface area contributed by atoms with E-state index in [1.54, 1.807) is 0 Å². The van der Waals surface area contributed by atoms with Gasteiger partial charge in [-0.05, 0) is 38.8 Å². The molecule has 1 aliphatic heterocycles. The second-order valence-electron chi connectivity index (χ2n) is 6.34. The van der Waals surface area contributed by atoms with Gasteiger partial charge >= 0.3 is 0 Å². The zero-order valence-corrected chi connectivity index (χ0v) is 11.6. The fourth-order valence-corrected chi connectivity index (χ4v) is 3.60. The van der Waals surface area contributed by atoms with Gasteiger partial charge in [0.25, 0.3) is 0 Å². The van der Waals surface area contributed by atoms with Gasteiger partial charge in [0.15, 0.2) is 0 Å². The molecule has 3 heteroatoms. The van der Waals surface area contributed by atoms with Crippen LogP contribution in [0.4, 0.5) is 0 Å². The molecule has 3 nitrogen and oxygen atoms in total. The van der Waals surface area contributed by atoms with Crippen LogP contribution in [0.2, 0.25) is 0 Å². The molecule has 0 aromatic carbocycles. The molecule has 1 heterocycles. The number of aliphatic hydroxyl groups excluding tert-OH is 1. The zero-order chi connectivity index (χ0) is 12.4. The Hall–Kier alpha value is -0.120. The molecule has 100 valence electrons. The lowest BCUT2D eigenvalue weighted by Crippen LogP contribution is -2.38. The van der Waals surface area contributed by atoms with Crippen molar-refractivity contribution in [3.05, 3.63) is 0 Å². The number of nitrogens with zero attached hydrogens (tertiary/aromatic N) is 2. The van der Waals surface area contributed by atoms with Crippen LogP contribution in [0.5, 0.6) is 0 Å². The van der Waals surface area contributed by atoms with Gasteiger partial charge in [-0.15, -0.1) is 0 Å². The summed E-state index contributed by atoms with van der Waals surface area (Å²) in [5.41, 5.74) is 0. The van der Waals surface area contributed by atoms with Gasteiger partial charge < -0.3 is 14.9 Å². The van der Waals surface area contributed by atoms with Gasteiger partial charge in [0.2, 0.25) is 0 Å². The standard InChI is InChI=1S/C14H28N2O/c1-11-8-16(10-13(11)15(2)3)9-12-6-4-5-7-14(12)17/h11-14,17H,4-10H2,1-3H3. The average Bonchev–Trinajstić information content (AvgIpc) is 2.63. The summed E-state index contributed by atoms with van der Waals surface area (Å²) < 4.78 is 0. The number of aliphatic hydroxyl groups is 1. The second kappa shape index (κ2) is 5.68. The molecule has 1 saturated carbocycles. The highest BCUT2D eigenvalue weighted by Crippen LogP contribution is 2.28. The molecule has 0 spiro atoms. The summed E-state index contributed by atoms with van der Waals surface area (Å²) in [6, 6.07) is 0.690. The van der Waals surface area contributed by atoms with Crippen LogP contribution in [0.15, 0.2) is 0 Å². The van der Waals surface area contributed by atoms with Crippen LogP contribution in [0.25, 0.3) is 0 Å². The molecule has 2 rings (SSSR count). The Bertz CT molecular complexity index is 244. The van der Waals surface area contributed by atoms with E-state index in [9.17, 15) is 5.11 Å². The summed E-state index contributed by atoms with van der Waals surface area (Å²) in [6.07, 6.45) is 4.72. The lowest BCUT2D eigenvalue weighted by atomic mass is 9.86. The van der Waals surface area contributed by atoms with E-state index in [4.69, 9.17) is 0 Å². The van der Waals surface area contributed by atoms with Crippen LogP contribution in [-0.4, -0.2) is 60.8 Å². The van der Waals surface area contributed by atoms with Gasteiger partial charge in [0, 0.05) is 25.7 Å². The molecular formula is C14H28N2O. The highest BCUT2D eigenvalue weighted by molar-refractivity contribution is 4.88. The van der Waals surface area contributed by atoms with Crippen molar-refractivity contribution in [1.29, 1.82) is 0 Å². The summed E-state index contributed by atoms with van der Waals surface area (Å²) in [6.45, 7) is 5.83. The van der Waals surface area contributed by atoms with E-state index in [-0.39, 0.29) is 6.10 Å². The number of likely N-dealkylation sites (N-methyl/N-ethyl adjacent to an activating group) is 1. The fourth-order valence-electron chi connectivity index (χ4n) is 3.60. The van der Waals surface area contributed by atoms with E-state index >= 15 is 0 Å². The third-order valence-electron chi connectivity index (χ3n) is 4.67. The molecule has 2 aliphatic rings. The highest BCUT2D eigenvalue weighted by Gasteiger charge is 2.33. The minimum atomic E-state index is -0.0440. The number of hydrogen-bond donors (Lipinski definition) is 1. The molecule has 1 aliphatic carbocycles. The lowest BCUT2D eigenvalue weighted by molar-refractivity contribution is 0.0498. The van der Waals surface area contributed by atoms with Crippen molar-refractivity contribution < 1.29 is 5.11 Å². The first-order chi connectivity index (χ1) is 8.08. The monoisotopic (exact) mass is 240 g/mol. The Labute approximate surface area is 106 Å². The van der Waals surface area contributed by atoms with Crippen molar-refractivity contribution in [2.24, 2.45) is 11.8 Å². The van der Waals surface area contributed by atoms with E-state index in [1.807, 2.05) is 0 Å². The summed E-state index contributed by atoms with van der Waals surface area (Å²) >= 11 is 0. The molecule has 0 radical (unpaired) electrons. The SMILES string of the molecule is CC1CN(CC2CCCCC2O)CC1N(C)C. The molecule has 1 saturated heterocycles. The quantitative estimate of drug-likeness (QED) is 0.808. The smallest absolute Gasteiger partial charge is 0.0580 e. The topological polar surface area (TPSA) is 26.7 Å².